The van der Waals surface area contributed by atoms with Crippen molar-refractivity contribution < 1.29 is 19.4 Å². The number of ether oxygens (including phenoxy) is 1. The van der Waals surface area contributed by atoms with E-state index in [1.54, 1.807) is 20.8 Å². The number of alkyl carbamates (subject to hydrolysis) is 1. The largest absolute Gasteiger partial charge is 0.481 e. The van der Waals surface area contributed by atoms with E-state index in [9.17, 15) is 14.7 Å². The van der Waals surface area contributed by atoms with E-state index in [1.807, 2.05) is 39.8 Å². The van der Waals surface area contributed by atoms with Gasteiger partial charge in [-0.3, -0.25) is 4.79 Å². The molecule has 0 saturated heterocycles. The number of carboxylic acids is 1. The Morgan fingerprint density at radius 1 is 1.09 bits per heavy atom. The van der Waals surface area contributed by atoms with Crippen LogP contribution in [0.1, 0.15) is 65.0 Å². The molecule has 0 radical (unpaired) electrons. The van der Waals surface area contributed by atoms with Gasteiger partial charge in [-0.1, -0.05) is 26.8 Å². The molecule has 0 saturated carbocycles. The van der Waals surface area contributed by atoms with Gasteiger partial charge < -0.3 is 20.1 Å². The molecule has 0 aliphatic carbocycles. The number of benzene rings is 1. The second-order valence-corrected chi connectivity index (χ2v) is 10.9. The van der Waals surface area contributed by atoms with Gasteiger partial charge in [0.15, 0.2) is 0 Å². The van der Waals surface area contributed by atoms with E-state index in [-0.39, 0.29) is 17.8 Å². The number of nitrogens with one attached hydrogen (secondary N) is 1. The van der Waals surface area contributed by atoms with Crippen molar-refractivity contribution >= 4 is 41.0 Å². The molecular formula is C24H38Cl2N2O4. The second-order valence-electron chi connectivity index (χ2n) is 10.1. The number of aliphatic carboxylic acids is 1. The Morgan fingerprint density at radius 2 is 1.66 bits per heavy atom. The van der Waals surface area contributed by atoms with Gasteiger partial charge in [-0.2, -0.15) is 0 Å². The molecule has 32 heavy (non-hydrogen) atoms. The summed E-state index contributed by atoms with van der Waals surface area (Å²) >= 11 is 12.0. The van der Waals surface area contributed by atoms with E-state index in [1.165, 1.54) is 0 Å². The van der Waals surface area contributed by atoms with Crippen molar-refractivity contribution in [3.63, 3.8) is 0 Å². The topological polar surface area (TPSA) is 78.9 Å². The molecule has 6 nitrogen and oxygen atoms in total. The maximum atomic E-state index is 12.6. The molecule has 0 spiro atoms. The molecule has 1 unspecified atom stereocenters. The number of aryl methyl sites for hydroxylation is 1. The Hall–Kier alpha value is -1.66. The standard InChI is InChI=1S/C24H38Cl2N2O4/c1-16-8-9-17(28(12-10-25)13-11-26)14-18(16)21(23(2,3)4)19(15-20(29)30)27-22(31)32-24(5,6)7/h8-9,14,19,21H,10-13,15H2,1-7H3,(H,27,31)(H,29,30)/t19-,21?/m1/s1. The zero-order valence-corrected chi connectivity index (χ0v) is 21.8. The summed E-state index contributed by atoms with van der Waals surface area (Å²) in [5.74, 6) is -0.338. The first-order chi connectivity index (χ1) is 14.7. The third kappa shape index (κ3) is 9.07. The molecule has 0 aliphatic heterocycles. The minimum Gasteiger partial charge on any atom is -0.481 e. The SMILES string of the molecule is Cc1ccc(N(CCCl)CCCl)cc1C([C@@H](CC(=O)O)NC(=O)OC(C)(C)C)C(C)(C)C. The Morgan fingerprint density at radius 3 is 2.09 bits per heavy atom. The molecule has 0 aliphatic rings. The highest BCUT2D eigenvalue weighted by Gasteiger charge is 2.37. The van der Waals surface area contributed by atoms with Crippen molar-refractivity contribution in [1.29, 1.82) is 0 Å². The van der Waals surface area contributed by atoms with Gasteiger partial charge in [0.2, 0.25) is 0 Å². The van der Waals surface area contributed by atoms with Crippen molar-refractivity contribution in [2.45, 2.75) is 72.4 Å². The highest BCUT2D eigenvalue weighted by Crippen LogP contribution is 2.41. The van der Waals surface area contributed by atoms with Crippen molar-refractivity contribution in [2.24, 2.45) is 5.41 Å². The van der Waals surface area contributed by atoms with E-state index in [0.29, 0.717) is 24.8 Å². The first kappa shape index (κ1) is 28.4. The molecule has 1 aromatic carbocycles. The Kier molecular flexibility index (Phi) is 10.6. The quantitative estimate of drug-likeness (QED) is 0.408. The van der Waals surface area contributed by atoms with Crippen LogP contribution < -0.4 is 10.2 Å². The Bertz CT molecular complexity index is 766. The van der Waals surface area contributed by atoms with Crippen LogP contribution in [0.3, 0.4) is 0 Å². The number of halogens is 2. The Balaban J connectivity index is 3.49. The van der Waals surface area contributed by atoms with Crippen molar-refractivity contribution in [1.82, 2.24) is 5.32 Å². The molecular weight excluding hydrogens is 451 g/mol. The van der Waals surface area contributed by atoms with Crippen LogP contribution in [-0.2, 0) is 9.53 Å². The molecule has 0 bridgehead atoms. The predicted molar refractivity (Wildman–Crippen MR) is 132 cm³/mol. The van der Waals surface area contributed by atoms with Crippen LogP contribution in [0.4, 0.5) is 10.5 Å². The minimum atomic E-state index is -0.986. The number of hydrogen-bond donors (Lipinski definition) is 2. The Labute approximate surface area is 202 Å². The molecule has 2 atom stereocenters. The van der Waals surface area contributed by atoms with Gasteiger partial charge in [0.25, 0.3) is 0 Å². The van der Waals surface area contributed by atoms with Crippen LogP contribution in [-0.4, -0.2) is 53.7 Å². The fraction of sp³-hybridized carbons (Fsp3) is 0.667. The average molecular weight is 489 g/mol. The summed E-state index contributed by atoms with van der Waals surface area (Å²) in [6.45, 7) is 14.7. The van der Waals surface area contributed by atoms with Gasteiger partial charge in [-0.05, 0) is 56.4 Å². The van der Waals surface area contributed by atoms with Crippen LogP contribution in [0, 0.1) is 12.3 Å². The van der Waals surface area contributed by atoms with E-state index < -0.39 is 23.7 Å². The van der Waals surface area contributed by atoms with E-state index >= 15 is 0 Å². The predicted octanol–water partition coefficient (Wildman–Crippen LogP) is 5.78. The van der Waals surface area contributed by atoms with Gasteiger partial charge in [-0.15, -0.1) is 23.2 Å². The number of rotatable bonds is 10. The van der Waals surface area contributed by atoms with Crippen LogP contribution in [0.15, 0.2) is 18.2 Å². The summed E-state index contributed by atoms with van der Waals surface area (Å²) in [5, 5.41) is 12.5. The highest BCUT2D eigenvalue weighted by atomic mass is 35.5. The summed E-state index contributed by atoms with van der Waals surface area (Å²) in [6.07, 6.45) is -0.851. The fourth-order valence-corrected chi connectivity index (χ4v) is 4.33. The van der Waals surface area contributed by atoms with E-state index in [2.05, 4.69) is 16.3 Å². The summed E-state index contributed by atoms with van der Waals surface area (Å²) in [4.78, 5) is 26.4. The molecule has 0 heterocycles. The molecule has 0 aromatic heterocycles. The van der Waals surface area contributed by atoms with Gasteiger partial charge in [0.1, 0.15) is 5.60 Å². The molecule has 2 N–H and O–H groups in total. The third-order valence-corrected chi connectivity index (χ3v) is 5.44. The van der Waals surface area contributed by atoms with E-state index in [0.717, 1.165) is 16.8 Å². The smallest absolute Gasteiger partial charge is 0.407 e. The van der Waals surface area contributed by atoms with Crippen molar-refractivity contribution in [2.75, 3.05) is 29.7 Å². The molecule has 1 rings (SSSR count). The molecule has 1 amide bonds. The minimum absolute atomic E-state index is 0.224. The lowest BCUT2D eigenvalue weighted by molar-refractivity contribution is -0.137. The lowest BCUT2D eigenvalue weighted by atomic mass is 9.70. The number of amides is 1. The summed E-state index contributed by atoms with van der Waals surface area (Å²) in [7, 11) is 0. The zero-order valence-electron chi connectivity index (χ0n) is 20.3. The number of carbonyl (C=O) groups is 2. The summed E-state index contributed by atoms with van der Waals surface area (Å²) < 4.78 is 5.42. The average Bonchev–Trinajstić information content (AvgIpc) is 2.60. The van der Waals surface area contributed by atoms with Gasteiger partial charge in [0.05, 0.1) is 6.42 Å². The number of alkyl halides is 2. The van der Waals surface area contributed by atoms with Gasteiger partial charge in [0, 0.05) is 42.5 Å². The fourth-order valence-electron chi connectivity index (χ4n) is 3.92. The normalized spacial score (nSPS) is 13.9. The van der Waals surface area contributed by atoms with E-state index in [4.69, 9.17) is 27.9 Å². The van der Waals surface area contributed by atoms with Crippen LogP contribution in [0.2, 0.25) is 0 Å². The number of anilines is 1. The second kappa shape index (κ2) is 12.0. The van der Waals surface area contributed by atoms with Gasteiger partial charge >= 0.3 is 12.1 Å². The summed E-state index contributed by atoms with van der Waals surface area (Å²) in [5.41, 5.74) is 1.93. The third-order valence-electron chi connectivity index (χ3n) is 5.10. The zero-order chi connectivity index (χ0) is 24.7. The number of nitrogens with zero attached hydrogens (tertiary/aromatic N) is 1. The number of carboxylic acid groups (broad SMARTS) is 1. The van der Waals surface area contributed by atoms with Crippen LogP contribution in [0.5, 0.6) is 0 Å². The number of carbonyl (C=O) groups excluding carboxylic acids is 1. The number of hydrogen-bond acceptors (Lipinski definition) is 4. The first-order valence-electron chi connectivity index (χ1n) is 10.9. The van der Waals surface area contributed by atoms with Crippen LogP contribution >= 0.6 is 23.2 Å². The molecule has 8 heteroatoms. The first-order valence-corrected chi connectivity index (χ1v) is 11.9. The highest BCUT2D eigenvalue weighted by molar-refractivity contribution is 6.18. The lowest BCUT2D eigenvalue weighted by Crippen LogP contribution is -2.46. The van der Waals surface area contributed by atoms with Crippen molar-refractivity contribution in [3.05, 3.63) is 29.3 Å². The maximum absolute atomic E-state index is 12.6. The molecule has 0 fully saturated rings. The maximum Gasteiger partial charge on any atom is 0.407 e. The lowest BCUT2D eigenvalue weighted by Gasteiger charge is -2.39. The van der Waals surface area contributed by atoms with Gasteiger partial charge in [-0.25, -0.2) is 4.79 Å². The summed E-state index contributed by atoms with van der Waals surface area (Å²) in [6, 6.07) is 5.44. The molecule has 182 valence electrons. The van der Waals surface area contributed by atoms with Crippen molar-refractivity contribution in [3.8, 4) is 0 Å². The molecule has 1 aromatic rings. The van der Waals surface area contributed by atoms with Crippen LogP contribution in [0.25, 0.3) is 0 Å². The monoisotopic (exact) mass is 488 g/mol.